The second kappa shape index (κ2) is 5.53. The lowest BCUT2D eigenvalue weighted by atomic mass is 10.3. The Morgan fingerprint density at radius 1 is 1.79 bits per heavy atom. The molecule has 0 saturated carbocycles. The van der Waals surface area contributed by atoms with E-state index in [4.69, 9.17) is 6.42 Å². The van der Waals surface area contributed by atoms with Crippen LogP contribution >= 0.6 is 11.3 Å². The van der Waals surface area contributed by atoms with Crippen molar-refractivity contribution < 1.29 is 4.79 Å². The first-order chi connectivity index (χ1) is 6.72. The topological polar surface area (TPSA) is 42.0 Å². The summed E-state index contributed by atoms with van der Waals surface area (Å²) in [6.07, 6.45) is 5.44. The Hall–Kier alpha value is -1.18. The average Bonchev–Trinajstić information content (AvgIpc) is 2.52. The predicted octanol–water partition coefficient (Wildman–Crippen LogP) is 0.786. The first kappa shape index (κ1) is 10.9. The predicted molar refractivity (Wildman–Crippen MR) is 57.3 cm³/mol. The zero-order valence-electron chi connectivity index (χ0n) is 8.04. The number of nitrogens with zero attached hydrogens (tertiary/aromatic N) is 1. The van der Waals surface area contributed by atoms with Crippen molar-refractivity contribution in [1.82, 2.24) is 10.3 Å². The Balaban J connectivity index is 2.31. The molecule has 3 nitrogen and oxygen atoms in total. The van der Waals surface area contributed by atoms with Gasteiger partial charge in [-0.05, 0) is 6.92 Å². The number of ketones is 1. The number of hydrogen-bond donors (Lipinski definition) is 1. The monoisotopic (exact) mass is 208 g/mol. The maximum atomic E-state index is 11.3. The number of aryl methyl sites for hydroxylation is 1. The van der Waals surface area contributed by atoms with Gasteiger partial charge in [-0.25, -0.2) is 4.98 Å². The lowest BCUT2D eigenvalue weighted by Crippen LogP contribution is -2.24. The fourth-order valence-electron chi connectivity index (χ4n) is 0.989. The number of rotatable bonds is 5. The van der Waals surface area contributed by atoms with Crippen LogP contribution in [0, 0.1) is 19.3 Å². The van der Waals surface area contributed by atoms with E-state index in [1.54, 1.807) is 0 Å². The van der Waals surface area contributed by atoms with Gasteiger partial charge in [0.05, 0.1) is 19.5 Å². The molecule has 0 amide bonds. The summed E-state index contributed by atoms with van der Waals surface area (Å²) in [5.74, 6) is 2.53. The van der Waals surface area contributed by atoms with Crippen molar-refractivity contribution >= 4 is 17.1 Å². The molecule has 0 radical (unpaired) electrons. The van der Waals surface area contributed by atoms with E-state index in [1.807, 2.05) is 12.3 Å². The first-order valence-corrected chi connectivity index (χ1v) is 5.17. The highest BCUT2D eigenvalue weighted by Gasteiger charge is 2.05. The second-order valence-corrected chi connectivity index (χ2v) is 3.85. The van der Waals surface area contributed by atoms with Crippen LogP contribution in [0.25, 0.3) is 0 Å². The molecule has 0 fully saturated rings. The van der Waals surface area contributed by atoms with Crippen molar-refractivity contribution in [1.29, 1.82) is 0 Å². The van der Waals surface area contributed by atoms with Gasteiger partial charge in [-0.15, -0.1) is 17.8 Å². The molecule has 0 atom stereocenters. The fraction of sp³-hybridized carbons (Fsp3) is 0.400. The molecule has 4 heteroatoms. The second-order valence-electron chi connectivity index (χ2n) is 2.91. The number of hydrogen-bond acceptors (Lipinski definition) is 4. The van der Waals surface area contributed by atoms with Crippen LogP contribution in [0.4, 0.5) is 0 Å². The molecule has 1 N–H and O–H groups in total. The Bertz CT molecular complexity index is 351. The van der Waals surface area contributed by atoms with Crippen molar-refractivity contribution in [2.24, 2.45) is 0 Å². The van der Waals surface area contributed by atoms with E-state index in [0.717, 1.165) is 10.7 Å². The summed E-state index contributed by atoms with van der Waals surface area (Å²) in [5.41, 5.74) is 0.967. The molecule has 0 bridgehead atoms. The van der Waals surface area contributed by atoms with Crippen molar-refractivity contribution in [3.05, 3.63) is 16.1 Å². The minimum atomic E-state index is 0.120. The third-order valence-electron chi connectivity index (χ3n) is 1.56. The zero-order valence-corrected chi connectivity index (χ0v) is 8.86. The molecule has 1 heterocycles. The highest BCUT2D eigenvalue weighted by molar-refractivity contribution is 7.09. The minimum Gasteiger partial charge on any atom is -0.299 e. The number of nitrogens with one attached hydrogen (secondary N) is 1. The molecule has 0 unspecified atom stereocenters. The standard InChI is InChI=1S/C10H12N2OS/c1-3-4-11-6-9(13)5-10-12-8(2)7-14-10/h1,7,11H,4-6H2,2H3. The lowest BCUT2D eigenvalue weighted by molar-refractivity contribution is -0.117. The van der Waals surface area contributed by atoms with Gasteiger partial charge in [-0.1, -0.05) is 5.92 Å². The van der Waals surface area contributed by atoms with E-state index in [-0.39, 0.29) is 5.78 Å². The summed E-state index contributed by atoms with van der Waals surface area (Å²) in [4.78, 5) is 15.5. The Morgan fingerprint density at radius 3 is 3.14 bits per heavy atom. The summed E-state index contributed by atoms with van der Waals surface area (Å²) in [7, 11) is 0. The van der Waals surface area contributed by atoms with Crippen molar-refractivity contribution in [3.63, 3.8) is 0 Å². The van der Waals surface area contributed by atoms with Gasteiger partial charge in [-0.3, -0.25) is 10.1 Å². The highest BCUT2D eigenvalue weighted by Crippen LogP contribution is 2.09. The minimum absolute atomic E-state index is 0.120. The number of terminal acetylenes is 1. The molecule has 1 aromatic heterocycles. The third kappa shape index (κ3) is 3.69. The Labute approximate surface area is 87.6 Å². The van der Waals surface area contributed by atoms with Crippen molar-refractivity contribution in [2.75, 3.05) is 13.1 Å². The largest absolute Gasteiger partial charge is 0.299 e. The fourth-order valence-corrected chi connectivity index (χ4v) is 1.79. The molecule has 1 rings (SSSR count). The van der Waals surface area contributed by atoms with Crippen LogP contribution in [0.3, 0.4) is 0 Å². The number of carbonyl (C=O) groups excluding carboxylic acids is 1. The third-order valence-corrected chi connectivity index (χ3v) is 2.53. The molecular weight excluding hydrogens is 196 g/mol. The molecule has 14 heavy (non-hydrogen) atoms. The average molecular weight is 208 g/mol. The van der Waals surface area contributed by atoms with E-state index >= 15 is 0 Å². The molecule has 1 aromatic rings. The molecule has 0 saturated heterocycles. The SMILES string of the molecule is C#CCNCC(=O)Cc1nc(C)cs1. The van der Waals surface area contributed by atoms with E-state index in [2.05, 4.69) is 16.2 Å². The summed E-state index contributed by atoms with van der Waals surface area (Å²) < 4.78 is 0. The quantitative estimate of drug-likeness (QED) is 0.574. The van der Waals surface area contributed by atoms with Gasteiger partial charge in [0.25, 0.3) is 0 Å². The summed E-state index contributed by atoms with van der Waals surface area (Å²) in [6, 6.07) is 0. The molecule has 0 spiro atoms. The number of thiazole rings is 1. The van der Waals surface area contributed by atoms with Gasteiger partial charge < -0.3 is 0 Å². The summed E-state index contributed by atoms with van der Waals surface area (Å²) >= 11 is 1.52. The van der Waals surface area contributed by atoms with Gasteiger partial charge in [0.2, 0.25) is 0 Å². The Morgan fingerprint density at radius 2 is 2.57 bits per heavy atom. The van der Waals surface area contributed by atoms with Gasteiger partial charge in [0.1, 0.15) is 5.01 Å². The smallest absolute Gasteiger partial charge is 0.153 e. The molecular formula is C10H12N2OS. The molecule has 0 aromatic carbocycles. The molecule has 0 aliphatic rings. The van der Waals surface area contributed by atoms with Crippen LogP contribution in [0.15, 0.2) is 5.38 Å². The van der Waals surface area contributed by atoms with Crippen LogP contribution < -0.4 is 5.32 Å². The molecule has 0 aliphatic heterocycles. The van der Waals surface area contributed by atoms with Crippen LogP contribution in [-0.4, -0.2) is 23.9 Å². The van der Waals surface area contributed by atoms with Crippen LogP contribution in [-0.2, 0) is 11.2 Å². The lowest BCUT2D eigenvalue weighted by Gasteiger charge is -1.97. The van der Waals surface area contributed by atoms with Crippen LogP contribution in [0.2, 0.25) is 0 Å². The van der Waals surface area contributed by atoms with Gasteiger partial charge >= 0.3 is 0 Å². The number of aromatic nitrogens is 1. The highest BCUT2D eigenvalue weighted by atomic mass is 32.1. The van der Waals surface area contributed by atoms with Gasteiger partial charge in [0, 0.05) is 11.1 Å². The van der Waals surface area contributed by atoms with E-state index in [1.165, 1.54) is 11.3 Å². The zero-order chi connectivity index (χ0) is 10.4. The molecule has 0 aliphatic carbocycles. The Kier molecular flexibility index (Phi) is 4.30. The first-order valence-electron chi connectivity index (χ1n) is 4.29. The number of Topliss-reactive ketones (excluding diaryl/α,β-unsaturated/α-hetero) is 1. The summed E-state index contributed by atoms with van der Waals surface area (Å²) in [6.45, 7) is 2.67. The van der Waals surface area contributed by atoms with Gasteiger partial charge in [-0.2, -0.15) is 0 Å². The van der Waals surface area contributed by atoms with Crippen molar-refractivity contribution in [3.8, 4) is 12.3 Å². The van der Waals surface area contributed by atoms with Crippen LogP contribution in [0.1, 0.15) is 10.7 Å². The summed E-state index contributed by atoms with van der Waals surface area (Å²) in [5, 5.41) is 5.67. The maximum absolute atomic E-state index is 11.3. The van der Waals surface area contributed by atoms with Crippen LogP contribution in [0.5, 0.6) is 0 Å². The van der Waals surface area contributed by atoms with E-state index in [0.29, 0.717) is 19.5 Å². The number of carbonyl (C=O) groups is 1. The van der Waals surface area contributed by atoms with Crippen molar-refractivity contribution in [2.45, 2.75) is 13.3 Å². The van der Waals surface area contributed by atoms with E-state index < -0.39 is 0 Å². The molecule has 74 valence electrons. The normalized spacial score (nSPS) is 9.71. The maximum Gasteiger partial charge on any atom is 0.153 e. The van der Waals surface area contributed by atoms with Gasteiger partial charge in [0.15, 0.2) is 5.78 Å². The van der Waals surface area contributed by atoms with E-state index in [9.17, 15) is 4.79 Å².